The third-order valence-electron chi connectivity index (χ3n) is 3.65. The van der Waals surface area contributed by atoms with Crippen molar-refractivity contribution in [2.24, 2.45) is 11.7 Å². The number of hydrogen-bond acceptors (Lipinski definition) is 3. The summed E-state index contributed by atoms with van der Waals surface area (Å²) in [6.45, 7) is 12.4. The van der Waals surface area contributed by atoms with E-state index in [9.17, 15) is 0 Å². The summed E-state index contributed by atoms with van der Waals surface area (Å²) in [6.07, 6.45) is 2.49. The molecule has 0 amide bonds. The van der Waals surface area contributed by atoms with Crippen molar-refractivity contribution >= 4 is 11.8 Å². The molecule has 0 aliphatic carbocycles. The van der Waals surface area contributed by atoms with Gasteiger partial charge in [-0.25, -0.2) is 0 Å². The third kappa shape index (κ3) is 3.64. The second-order valence-corrected chi connectivity index (χ2v) is 7.05. The molecule has 0 aromatic heterocycles. The topological polar surface area (TPSA) is 29.3 Å². The van der Waals surface area contributed by atoms with E-state index in [0.717, 1.165) is 17.7 Å². The Labute approximate surface area is 105 Å². The molecule has 3 heteroatoms. The molecule has 0 bridgehead atoms. The minimum atomic E-state index is 0.211. The van der Waals surface area contributed by atoms with Gasteiger partial charge in [0, 0.05) is 36.2 Å². The molecule has 1 aliphatic heterocycles. The van der Waals surface area contributed by atoms with Gasteiger partial charge in [0.15, 0.2) is 0 Å². The van der Waals surface area contributed by atoms with Crippen LogP contribution in [0.3, 0.4) is 0 Å². The minimum Gasteiger partial charge on any atom is -0.329 e. The lowest BCUT2D eigenvalue weighted by Crippen LogP contribution is -2.56. The highest BCUT2D eigenvalue weighted by molar-refractivity contribution is 8.00. The van der Waals surface area contributed by atoms with Crippen molar-refractivity contribution in [2.75, 3.05) is 25.4 Å². The molecule has 0 spiro atoms. The zero-order chi connectivity index (χ0) is 12.2. The van der Waals surface area contributed by atoms with Crippen LogP contribution in [0.15, 0.2) is 0 Å². The van der Waals surface area contributed by atoms with E-state index in [0.29, 0.717) is 0 Å². The van der Waals surface area contributed by atoms with Gasteiger partial charge in [-0.05, 0) is 25.7 Å². The van der Waals surface area contributed by atoms with Crippen LogP contribution in [0.4, 0.5) is 0 Å². The standard InChI is InChI=1S/C13H28N2S/c1-5-12-9-15(6-7-16-12)13(4,10-14)8-11(2)3/h11-12H,5-10,14H2,1-4H3. The van der Waals surface area contributed by atoms with Gasteiger partial charge in [0.05, 0.1) is 0 Å². The van der Waals surface area contributed by atoms with E-state index in [4.69, 9.17) is 5.73 Å². The van der Waals surface area contributed by atoms with Crippen molar-refractivity contribution in [1.82, 2.24) is 4.90 Å². The fraction of sp³-hybridized carbons (Fsp3) is 1.00. The smallest absolute Gasteiger partial charge is 0.0306 e. The normalized spacial score (nSPS) is 27.0. The summed E-state index contributed by atoms with van der Waals surface area (Å²) in [4.78, 5) is 2.64. The molecule has 1 rings (SSSR count). The van der Waals surface area contributed by atoms with Crippen molar-refractivity contribution < 1.29 is 0 Å². The maximum Gasteiger partial charge on any atom is 0.0306 e. The number of nitrogens with two attached hydrogens (primary N) is 1. The average Bonchev–Trinajstić information content (AvgIpc) is 2.28. The summed E-state index contributed by atoms with van der Waals surface area (Å²) in [7, 11) is 0. The van der Waals surface area contributed by atoms with Crippen LogP contribution in [0.1, 0.15) is 40.5 Å². The van der Waals surface area contributed by atoms with Crippen molar-refractivity contribution in [1.29, 1.82) is 0 Å². The van der Waals surface area contributed by atoms with Crippen LogP contribution in [0.25, 0.3) is 0 Å². The predicted molar refractivity (Wildman–Crippen MR) is 75.0 cm³/mol. The Hall–Kier alpha value is 0.270. The van der Waals surface area contributed by atoms with Gasteiger partial charge < -0.3 is 5.73 Å². The van der Waals surface area contributed by atoms with Gasteiger partial charge in [-0.3, -0.25) is 4.90 Å². The second-order valence-electron chi connectivity index (χ2n) is 5.65. The van der Waals surface area contributed by atoms with Gasteiger partial charge in [-0.2, -0.15) is 11.8 Å². The zero-order valence-corrected chi connectivity index (χ0v) is 12.1. The Morgan fingerprint density at radius 1 is 1.50 bits per heavy atom. The summed E-state index contributed by atoms with van der Waals surface area (Å²) in [5.41, 5.74) is 6.24. The van der Waals surface area contributed by atoms with Gasteiger partial charge in [-0.15, -0.1) is 0 Å². The first kappa shape index (κ1) is 14.3. The number of rotatable bonds is 5. The van der Waals surface area contributed by atoms with Gasteiger partial charge in [0.1, 0.15) is 0 Å². The van der Waals surface area contributed by atoms with Crippen molar-refractivity contribution in [2.45, 2.75) is 51.3 Å². The fourth-order valence-corrected chi connectivity index (χ4v) is 3.86. The van der Waals surface area contributed by atoms with E-state index in [-0.39, 0.29) is 5.54 Å². The van der Waals surface area contributed by atoms with E-state index in [1.807, 2.05) is 0 Å². The molecule has 2 N–H and O–H groups in total. The van der Waals surface area contributed by atoms with Gasteiger partial charge >= 0.3 is 0 Å². The third-order valence-corrected chi connectivity index (χ3v) is 5.02. The van der Waals surface area contributed by atoms with E-state index < -0.39 is 0 Å². The Morgan fingerprint density at radius 3 is 2.69 bits per heavy atom. The van der Waals surface area contributed by atoms with Gasteiger partial charge in [0.2, 0.25) is 0 Å². The molecular weight excluding hydrogens is 216 g/mol. The summed E-state index contributed by atoms with van der Waals surface area (Å²) >= 11 is 2.13. The SMILES string of the molecule is CCC1CN(C(C)(CN)CC(C)C)CCS1. The largest absolute Gasteiger partial charge is 0.329 e. The second kappa shape index (κ2) is 6.27. The van der Waals surface area contributed by atoms with Crippen LogP contribution >= 0.6 is 11.8 Å². The lowest BCUT2D eigenvalue weighted by Gasteiger charge is -2.45. The Bertz CT molecular complexity index is 208. The lowest BCUT2D eigenvalue weighted by atomic mass is 9.88. The minimum absolute atomic E-state index is 0.211. The monoisotopic (exact) mass is 244 g/mol. The molecule has 0 radical (unpaired) electrons. The molecule has 1 aliphatic rings. The maximum absolute atomic E-state index is 6.02. The molecule has 16 heavy (non-hydrogen) atoms. The van der Waals surface area contributed by atoms with Gasteiger partial charge in [-0.1, -0.05) is 20.8 Å². The molecule has 2 nitrogen and oxygen atoms in total. The van der Waals surface area contributed by atoms with E-state index in [2.05, 4.69) is 44.4 Å². The molecule has 1 heterocycles. The highest BCUT2D eigenvalue weighted by Gasteiger charge is 2.34. The fourth-order valence-electron chi connectivity index (χ4n) is 2.68. The summed E-state index contributed by atoms with van der Waals surface area (Å²) in [6, 6.07) is 0. The van der Waals surface area contributed by atoms with Crippen molar-refractivity contribution in [3.05, 3.63) is 0 Å². The van der Waals surface area contributed by atoms with Crippen LogP contribution in [-0.4, -0.2) is 41.1 Å². The Kier molecular flexibility index (Phi) is 5.62. The van der Waals surface area contributed by atoms with Crippen molar-refractivity contribution in [3.8, 4) is 0 Å². The molecule has 2 unspecified atom stereocenters. The lowest BCUT2D eigenvalue weighted by molar-refractivity contribution is 0.0923. The van der Waals surface area contributed by atoms with E-state index in [1.54, 1.807) is 0 Å². The van der Waals surface area contributed by atoms with Crippen LogP contribution in [0, 0.1) is 5.92 Å². The van der Waals surface area contributed by atoms with Gasteiger partial charge in [0.25, 0.3) is 0 Å². The summed E-state index contributed by atoms with van der Waals surface area (Å²) in [5.74, 6) is 2.00. The van der Waals surface area contributed by atoms with Crippen molar-refractivity contribution in [3.63, 3.8) is 0 Å². The summed E-state index contributed by atoms with van der Waals surface area (Å²) in [5, 5.41) is 0.812. The predicted octanol–water partition coefficient (Wildman–Crippen LogP) is 2.58. The number of hydrogen-bond donors (Lipinski definition) is 1. The highest BCUT2D eigenvalue weighted by Crippen LogP contribution is 2.29. The molecular formula is C13H28N2S. The first-order valence-electron chi connectivity index (χ1n) is 6.58. The van der Waals surface area contributed by atoms with E-state index in [1.165, 1.54) is 31.7 Å². The average molecular weight is 244 g/mol. The first-order chi connectivity index (χ1) is 7.51. The number of thioether (sulfide) groups is 1. The zero-order valence-electron chi connectivity index (χ0n) is 11.3. The van der Waals surface area contributed by atoms with Crippen LogP contribution in [0.2, 0.25) is 0 Å². The van der Waals surface area contributed by atoms with Crippen LogP contribution in [-0.2, 0) is 0 Å². The Balaban J connectivity index is 2.63. The van der Waals surface area contributed by atoms with E-state index >= 15 is 0 Å². The highest BCUT2D eigenvalue weighted by atomic mass is 32.2. The molecule has 0 saturated carbocycles. The Morgan fingerprint density at radius 2 is 2.19 bits per heavy atom. The molecule has 1 fully saturated rings. The molecule has 2 atom stereocenters. The molecule has 0 aromatic carbocycles. The molecule has 1 saturated heterocycles. The van der Waals surface area contributed by atoms with Crippen LogP contribution < -0.4 is 5.73 Å². The van der Waals surface area contributed by atoms with Crippen LogP contribution in [0.5, 0.6) is 0 Å². The quantitative estimate of drug-likeness (QED) is 0.806. The molecule has 96 valence electrons. The molecule has 0 aromatic rings. The first-order valence-corrected chi connectivity index (χ1v) is 7.63. The maximum atomic E-state index is 6.02. The number of nitrogens with zero attached hydrogens (tertiary/aromatic N) is 1. The summed E-state index contributed by atoms with van der Waals surface area (Å²) < 4.78 is 0.